The minimum Gasteiger partial charge on any atom is -0.381 e. The molecule has 0 saturated carbocycles. The molecular formula is C14H19FN4. The molecule has 0 spiro atoms. The summed E-state index contributed by atoms with van der Waals surface area (Å²) in [7, 11) is 0. The fourth-order valence-corrected chi connectivity index (χ4v) is 2.07. The zero-order valence-electron chi connectivity index (χ0n) is 11.2. The van der Waals surface area contributed by atoms with Crippen molar-refractivity contribution in [3.63, 3.8) is 0 Å². The van der Waals surface area contributed by atoms with Gasteiger partial charge < -0.3 is 11.1 Å². The maximum atomic E-state index is 13.3. The second-order valence-corrected chi connectivity index (χ2v) is 4.71. The average molecular weight is 262 g/mol. The Morgan fingerprint density at radius 1 is 1.42 bits per heavy atom. The molecule has 102 valence electrons. The van der Waals surface area contributed by atoms with Crippen LogP contribution in [0.5, 0.6) is 0 Å². The Morgan fingerprint density at radius 2 is 2.21 bits per heavy atom. The number of nitrogens with zero attached hydrogens (tertiary/aromatic N) is 2. The lowest BCUT2D eigenvalue weighted by Gasteiger charge is -2.13. The number of rotatable bonds is 5. The highest BCUT2D eigenvalue weighted by molar-refractivity contribution is 5.51. The van der Waals surface area contributed by atoms with Crippen LogP contribution in [0.3, 0.4) is 0 Å². The first-order chi connectivity index (χ1) is 9.13. The van der Waals surface area contributed by atoms with Crippen LogP contribution in [-0.4, -0.2) is 22.9 Å². The first-order valence-electron chi connectivity index (χ1n) is 6.41. The Kier molecular flexibility index (Phi) is 4.16. The van der Waals surface area contributed by atoms with Gasteiger partial charge in [0.2, 0.25) is 0 Å². The van der Waals surface area contributed by atoms with Crippen LogP contribution in [0.15, 0.2) is 30.5 Å². The summed E-state index contributed by atoms with van der Waals surface area (Å²) in [6, 6.07) is 6.43. The highest BCUT2D eigenvalue weighted by Crippen LogP contribution is 2.26. The normalized spacial score (nSPS) is 11.0. The topological polar surface area (TPSA) is 55.9 Å². The highest BCUT2D eigenvalue weighted by Gasteiger charge is 2.15. The largest absolute Gasteiger partial charge is 0.381 e. The van der Waals surface area contributed by atoms with Gasteiger partial charge in [-0.3, -0.25) is 0 Å². The molecule has 2 rings (SSSR count). The van der Waals surface area contributed by atoms with E-state index >= 15 is 0 Å². The third-order valence-corrected chi connectivity index (χ3v) is 2.87. The monoisotopic (exact) mass is 262 g/mol. The summed E-state index contributed by atoms with van der Waals surface area (Å²) in [4.78, 5) is 0. The van der Waals surface area contributed by atoms with Crippen molar-refractivity contribution in [2.45, 2.75) is 19.8 Å². The van der Waals surface area contributed by atoms with E-state index in [0.29, 0.717) is 13.1 Å². The Labute approximate surface area is 112 Å². The van der Waals surface area contributed by atoms with Gasteiger partial charge in [0.1, 0.15) is 5.82 Å². The molecule has 5 heteroatoms. The molecule has 0 saturated heterocycles. The quantitative estimate of drug-likeness (QED) is 0.870. The number of halogens is 1. The molecule has 0 atom stereocenters. The molecule has 3 N–H and O–H groups in total. The van der Waals surface area contributed by atoms with Crippen molar-refractivity contribution in [3.8, 4) is 5.69 Å². The lowest BCUT2D eigenvalue weighted by molar-refractivity contribution is 0.623. The van der Waals surface area contributed by atoms with E-state index < -0.39 is 0 Å². The van der Waals surface area contributed by atoms with Crippen molar-refractivity contribution in [1.82, 2.24) is 9.78 Å². The van der Waals surface area contributed by atoms with Crippen molar-refractivity contribution < 1.29 is 4.39 Å². The van der Waals surface area contributed by atoms with E-state index in [1.165, 1.54) is 12.1 Å². The van der Waals surface area contributed by atoms with Gasteiger partial charge in [-0.15, -0.1) is 0 Å². The van der Waals surface area contributed by atoms with Gasteiger partial charge in [-0.2, -0.15) is 5.10 Å². The zero-order chi connectivity index (χ0) is 13.8. The molecule has 0 aliphatic carbocycles. The maximum absolute atomic E-state index is 13.3. The van der Waals surface area contributed by atoms with Crippen LogP contribution in [0, 0.1) is 5.82 Å². The van der Waals surface area contributed by atoms with Crippen molar-refractivity contribution in [3.05, 3.63) is 42.0 Å². The molecule has 0 fully saturated rings. The summed E-state index contributed by atoms with van der Waals surface area (Å²) in [6.07, 6.45) is 1.76. The first kappa shape index (κ1) is 13.5. The molecule has 1 heterocycles. The van der Waals surface area contributed by atoms with Crippen LogP contribution in [0.25, 0.3) is 5.69 Å². The van der Waals surface area contributed by atoms with Crippen molar-refractivity contribution in [2.75, 3.05) is 18.4 Å². The van der Waals surface area contributed by atoms with Crippen LogP contribution < -0.4 is 11.1 Å². The van der Waals surface area contributed by atoms with E-state index in [-0.39, 0.29) is 11.7 Å². The molecule has 4 nitrogen and oxygen atoms in total. The second-order valence-electron chi connectivity index (χ2n) is 4.71. The fourth-order valence-electron chi connectivity index (χ4n) is 2.07. The van der Waals surface area contributed by atoms with E-state index in [9.17, 15) is 4.39 Å². The number of anilines is 1. The van der Waals surface area contributed by atoms with Crippen LogP contribution in [0.4, 0.5) is 10.1 Å². The van der Waals surface area contributed by atoms with Crippen molar-refractivity contribution in [1.29, 1.82) is 0 Å². The first-order valence-corrected chi connectivity index (χ1v) is 6.41. The van der Waals surface area contributed by atoms with Gasteiger partial charge in [-0.05, 0) is 24.1 Å². The summed E-state index contributed by atoms with van der Waals surface area (Å²) in [5.74, 6) is 0.00483. The van der Waals surface area contributed by atoms with Gasteiger partial charge in [-0.25, -0.2) is 9.07 Å². The van der Waals surface area contributed by atoms with Crippen molar-refractivity contribution in [2.24, 2.45) is 5.73 Å². The summed E-state index contributed by atoms with van der Waals surface area (Å²) >= 11 is 0. The zero-order valence-corrected chi connectivity index (χ0v) is 11.2. The number of hydrogen-bond acceptors (Lipinski definition) is 3. The molecule has 0 aliphatic heterocycles. The van der Waals surface area contributed by atoms with Gasteiger partial charge in [-0.1, -0.05) is 19.9 Å². The second kappa shape index (κ2) is 5.84. The third kappa shape index (κ3) is 2.93. The van der Waals surface area contributed by atoms with E-state index in [4.69, 9.17) is 5.73 Å². The molecule has 1 aromatic heterocycles. The van der Waals surface area contributed by atoms with Crippen LogP contribution >= 0.6 is 0 Å². The summed E-state index contributed by atoms with van der Waals surface area (Å²) < 4.78 is 15.1. The molecule has 0 amide bonds. The van der Waals surface area contributed by atoms with Crippen LogP contribution in [-0.2, 0) is 0 Å². The molecule has 2 aromatic rings. The molecule has 0 aliphatic rings. The SMILES string of the molecule is CC(C)c1c(NCCN)cnn1-c1cccc(F)c1. The van der Waals surface area contributed by atoms with E-state index in [2.05, 4.69) is 24.3 Å². The lowest BCUT2D eigenvalue weighted by Crippen LogP contribution is -2.14. The van der Waals surface area contributed by atoms with E-state index in [1.54, 1.807) is 16.9 Å². The third-order valence-electron chi connectivity index (χ3n) is 2.87. The fraction of sp³-hybridized carbons (Fsp3) is 0.357. The standard InChI is InChI=1S/C14H19FN4/c1-10(2)14-13(17-7-6-16)9-18-19(14)12-5-3-4-11(15)8-12/h3-5,8-10,17H,6-7,16H2,1-2H3. The number of aromatic nitrogens is 2. The summed E-state index contributed by atoms with van der Waals surface area (Å²) in [5.41, 5.74) is 8.20. The van der Waals surface area contributed by atoms with E-state index in [1.807, 2.05) is 6.07 Å². The number of nitrogens with two attached hydrogens (primary N) is 1. The average Bonchev–Trinajstić information content (AvgIpc) is 2.80. The molecular weight excluding hydrogens is 243 g/mol. The summed E-state index contributed by atoms with van der Waals surface area (Å²) in [5, 5.41) is 7.60. The Bertz CT molecular complexity index is 548. The van der Waals surface area contributed by atoms with E-state index in [0.717, 1.165) is 17.1 Å². The minimum atomic E-state index is -0.265. The smallest absolute Gasteiger partial charge is 0.125 e. The molecule has 0 bridgehead atoms. The predicted octanol–water partition coefficient (Wildman–Crippen LogP) is 2.51. The van der Waals surface area contributed by atoms with Crippen molar-refractivity contribution >= 4 is 5.69 Å². The minimum absolute atomic E-state index is 0.265. The highest BCUT2D eigenvalue weighted by atomic mass is 19.1. The van der Waals surface area contributed by atoms with Gasteiger partial charge in [0.05, 0.1) is 23.3 Å². The van der Waals surface area contributed by atoms with Gasteiger partial charge in [0.15, 0.2) is 0 Å². The molecule has 19 heavy (non-hydrogen) atoms. The Balaban J connectivity index is 2.43. The number of hydrogen-bond donors (Lipinski definition) is 2. The Morgan fingerprint density at radius 3 is 2.84 bits per heavy atom. The number of benzene rings is 1. The predicted molar refractivity (Wildman–Crippen MR) is 75.2 cm³/mol. The molecule has 0 unspecified atom stereocenters. The van der Waals surface area contributed by atoms with Gasteiger partial charge in [0, 0.05) is 13.1 Å². The number of nitrogens with one attached hydrogen (secondary N) is 1. The Hall–Kier alpha value is -1.88. The lowest BCUT2D eigenvalue weighted by atomic mass is 10.1. The van der Waals surface area contributed by atoms with Crippen LogP contribution in [0.2, 0.25) is 0 Å². The maximum Gasteiger partial charge on any atom is 0.125 e. The molecule has 1 aromatic carbocycles. The molecule has 0 radical (unpaired) electrons. The summed E-state index contributed by atoms with van der Waals surface area (Å²) in [6.45, 7) is 5.41. The van der Waals surface area contributed by atoms with Gasteiger partial charge >= 0.3 is 0 Å². The van der Waals surface area contributed by atoms with Gasteiger partial charge in [0.25, 0.3) is 0 Å². The van der Waals surface area contributed by atoms with Crippen LogP contribution in [0.1, 0.15) is 25.5 Å².